The standard InChI is InChI=1S/C14H9BrClNO3/c15-11-7-10(16)3-4-12(11)20-13-5-1-9(8-17-13)2-6-14(18)19/h1-8H,(H,18,19)/b6-2+. The van der Waals surface area contributed by atoms with Crippen LogP contribution in [-0.2, 0) is 4.79 Å². The van der Waals surface area contributed by atoms with Crippen LogP contribution in [-0.4, -0.2) is 16.1 Å². The molecule has 1 aromatic carbocycles. The molecule has 0 radical (unpaired) electrons. The molecule has 0 aliphatic carbocycles. The highest BCUT2D eigenvalue weighted by Gasteiger charge is 2.04. The fraction of sp³-hybridized carbons (Fsp3) is 0. The van der Waals surface area contributed by atoms with E-state index in [-0.39, 0.29) is 0 Å². The summed E-state index contributed by atoms with van der Waals surface area (Å²) in [6.45, 7) is 0. The number of carbonyl (C=O) groups is 1. The van der Waals surface area contributed by atoms with Crippen LogP contribution in [0.25, 0.3) is 6.08 Å². The predicted octanol–water partition coefficient (Wildman–Crippen LogP) is 4.39. The number of hydrogen-bond donors (Lipinski definition) is 1. The number of aromatic nitrogens is 1. The van der Waals surface area contributed by atoms with Crippen molar-refractivity contribution >= 4 is 39.6 Å². The average Bonchev–Trinajstić information content (AvgIpc) is 2.41. The van der Waals surface area contributed by atoms with Crippen molar-refractivity contribution in [3.63, 3.8) is 0 Å². The average molecular weight is 355 g/mol. The smallest absolute Gasteiger partial charge is 0.328 e. The Labute approximate surface area is 128 Å². The summed E-state index contributed by atoms with van der Waals surface area (Å²) < 4.78 is 6.31. The number of carboxylic acids is 1. The third kappa shape index (κ3) is 4.08. The van der Waals surface area contributed by atoms with Gasteiger partial charge in [0, 0.05) is 23.4 Å². The molecule has 4 nitrogen and oxygen atoms in total. The molecular formula is C14H9BrClNO3. The number of nitrogens with zero attached hydrogens (tertiary/aromatic N) is 1. The van der Waals surface area contributed by atoms with Crippen molar-refractivity contribution in [3.05, 3.63) is 57.7 Å². The van der Waals surface area contributed by atoms with Crippen LogP contribution in [0.3, 0.4) is 0 Å². The molecule has 0 fully saturated rings. The molecular weight excluding hydrogens is 346 g/mol. The highest BCUT2D eigenvalue weighted by molar-refractivity contribution is 9.10. The second-order valence-electron chi connectivity index (χ2n) is 3.78. The summed E-state index contributed by atoms with van der Waals surface area (Å²) in [6, 6.07) is 8.53. The van der Waals surface area contributed by atoms with Crippen LogP contribution in [0.4, 0.5) is 0 Å². The topological polar surface area (TPSA) is 59.4 Å². The van der Waals surface area contributed by atoms with Crippen LogP contribution in [0.2, 0.25) is 5.02 Å². The van der Waals surface area contributed by atoms with Gasteiger partial charge in [-0.2, -0.15) is 0 Å². The lowest BCUT2D eigenvalue weighted by molar-refractivity contribution is -0.131. The SMILES string of the molecule is O=C(O)/C=C/c1ccc(Oc2ccc(Cl)cc2Br)nc1. The molecule has 1 aromatic heterocycles. The summed E-state index contributed by atoms with van der Waals surface area (Å²) in [7, 11) is 0. The molecule has 1 N–H and O–H groups in total. The van der Waals surface area contributed by atoms with Gasteiger partial charge in [-0.3, -0.25) is 0 Å². The van der Waals surface area contributed by atoms with Gasteiger partial charge in [0.15, 0.2) is 0 Å². The molecule has 0 aliphatic heterocycles. The van der Waals surface area contributed by atoms with Crippen molar-refractivity contribution in [1.29, 1.82) is 0 Å². The normalized spacial score (nSPS) is 10.7. The highest BCUT2D eigenvalue weighted by atomic mass is 79.9. The molecule has 0 atom stereocenters. The van der Waals surface area contributed by atoms with Crippen molar-refractivity contribution in [3.8, 4) is 11.6 Å². The molecule has 0 unspecified atom stereocenters. The number of hydrogen-bond acceptors (Lipinski definition) is 3. The van der Waals surface area contributed by atoms with Crippen molar-refractivity contribution in [2.75, 3.05) is 0 Å². The summed E-state index contributed by atoms with van der Waals surface area (Å²) in [4.78, 5) is 14.5. The molecule has 0 amide bonds. The molecule has 0 bridgehead atoms. The van der Waals surface area contributed by atoms with E-state index in [1.54, 1.807) is 30.3 Å². The van der Waals surface area contributed by atoms with Crippen LogP contribution in [0, 0.1) is 0 Å². The summed E-state index contributed by atoms with van der Waals surface area (Å²) >= 11 is 9.19. The summed E-state index contributed by atoms with van der Waals surface area (Å²) in [5.41, 5.74) is 0.676. The van der Waals surface area contributed by atoms with Crippen LogP contribution in [0.5, 0.6) is 11.6 Å². The molecule has 2 aromatic rings. The fourth-order valence-electron chi connectivity index (χ4n) is 1.39. The number of benzene rings is 1. The Morgan fingerprint density at radius 3 is 2.75 bits per heavy atom. The Morgan fingerprint density at radius 1 is 1.35 bits per heavy atom. The summed E-state index contributed by atoms with van der Waals surface area (Å²) in [6.07, 6.45) is 4.03. The fourth-order valence-corrected chi connectivity index (χ4v) is 2.15. The van der Waals surface area contributed by atoms with Crippen molar-refractivity contribution < 1.29 is 14.6 Å². The monoisotopic (exact) mass is 353 g/mol. The molecule has 1 heterocycles. The highest BCUT2D eigenvalue weighted by Crippen LogP contribution is 2.31. The maximum Gasteiger partial charge on any atom is 0.328 e. The second kappa shape index (κ2) is 6.54. The van der Waals surface area contributed by atoms with Crippen molar-refractivity contribution in [1.82, 2.24) is 4.98 Å². The van der Waals surface area contributed by atoms with E-state index < -0.39 is 5.97 Å². The minimum atomic E-state index is -1.00. The van der Waals surface area contributed by atoms with Gasteiger partial charge in [-0.1, -0.05) is 11.6 Å². The molecule has 2 rings (SSSR count). The predicted molar refractivity (Wildman–Crippen MR) is 80.1 cm³/mol. The van der Waals surface area contributed by atoms with E-state index in [0.717, 1.165) is 10.5 Å². The van der Waals surface area contributed by atoms with Gasteiger partial charge in [0.05, 0.1) is 4.47 Å². The van der Waals surface area contributed by atoms with Crippen LogP contribution >= 0.6 is 27.5 Å². The van der Waals surface area contributed by atoms with Gasteiger partial charge in [-0.15, -0.1) is 0 Å². The molecule has 20 heavy (non-hydrogen) atoms. The van der Waals surface area contributed by atoms with E-state index in [9.17, 15) is 4.79 Å². The van der Waals surface area contributed by atoms with E-state index >= 15 is 0 Å². The van der Waals surface area contributed by atoms with Gasteiger partial charge in [-0.05, 0) is 51.8 Å². The lowest BCUT2D eigenvalue weighted by atomic mass is 10.2. The Kier molecular flexibility index (Phi) is 4.76. The Hall–Kier alpha value is -1.85. The minimum Gasteiger partial charge on any atom is -0.478 e. The Balaban J connectivity index is 2.12. The zero-order chi connectivity index (χ0) is 14.5. The van der Waals surface area contributed by atoms with Gasteiger partial charge in [0.1, 0.15) is 5.75 Å². The quantitative estimate of drug-likeness (QED) is 0.827. The largest absolute Gasteiger partial charge is 0.478 e. The molecule has 0 aliphatic rings. The summed E-state index contributed by atoms with van der Waals surface area (Å²) in [5.74, 6) is -0.00773. The van der Waals surface area contributed by atoms with Crippen molar-refractivity contribution in [2.24, 2.45) is 0 Å². The van der Waals surface area contributed by atoms with Gasteiger partial charge in [-0.25, -0.2) is 9.78 Å². The number of ether oxygens (including phenoxy) is 1. The molecule has 6 heteroatoms. The lowest BCUT2D eigenvalue weighted by Crippen LogP contribution is -1.90. The number of aliphatic carboxylic acids is 1. The minimum absolute atomic E-state index is 0.403. The van der Waals surface area contributed by atoms with E-state index in [2.05, 4.69) is 20.9 Å². The first-order valence-corrected chi connectivity index (χ1v) is 6.71. The van der Waals surface area contributed by atoms with Crippen LogP contribution in [0.1, 0.15) is 5.56 Å². The first-order chi connectivity index (χ1) is 9.54. The second-order valence-corrected chi connectivity index (χ2v) is 5.07. The van der Waals surface area contributed by atoms with Crippen molar-refractivity contribution in [2.45, 2.75) is 0 Å². The van der Waals surface area contributed by atoms with Crippen LogP contribution in [0.15, 0.2) is 47.1 Å². The molecule has 0 spiro atoms. The number of carboxylic acid groups (broad SMARTS) is 1. The Morgan fingerprint density at radius 2 is 2.15 bits per heavy atom. The first-order valence-electron chi connectivity index (χ1n) is 5.54. The zero-order valence-electron chi connectivity index (χ0n) is 10.1. The molecule has 0 saturated heterocycles. The maximum absolute atomic E-state index is 10.4. The van der Waals surface area contributed by atoms with Gasteiger partial charge in [0.2, 0.25) is 5.88 Å². The number of rotatable bonds is 4. The third-order valence-corrected chi connectivity index (χ3v) is 3.14. The van der Waals surface area contributed by atoms with E-state index in [1.807, 2.05) is 0 Å². The van der Waals surface area contributed by atoms with Gasteiger partial charge >= 0.3 is 5.97 Å². The van der Waals surface area contributed by atoms with Gasteiger partial charge < -0.3 is 9.84 Å². The number of halogens is 2. The zero-order valence-corrected chi connectivity index (χ0v) is 12.4. The molecule has 102 valence electrons. The van der Waals surface area contributed by atoms with E-state index in [0.29, 0.717) is 22.2 Å². The molecule has 0 saturated carbocycles. The van der Waals surface area contributed by atoms with E-state index in [1.165, 1.54) is 12.3 Å². The third-order valence-electron chi connectivity index (χ3n) is 2.29. The van der Waals surface area contributed by atoms with Crippen LogP contribution < -0.4 is 4.74 Å². The van der Waals surface area contributed by atoms with E-state index in [4.69, 9.17) is 21.4 Å². The lowest BCUT2D eigenvalue weighted by Gasteiger charge is -2.07. The first kappa shape index (κ1) is 14.6. The summed E-state index contributed by atoms with van der Waals surface area (Å²) in [5, 5.41) is 9.13. The maximum atomic E-state index is 10.4. The number of pyridine rings is 1. The van der Waals surface area contributed by atoms with Gasteiger partial charge in [0.25, 0.3) is 0 Å². The Bertz CT molecular complexity index is 656.